The van der Waals surface area contributed by atoms with Crippen LogP contribution in [0.4, 0.5) is 5.82 Å². The lowest BCUT2D eigenvalue weighted by Gasteiger charge is -2.29. The predicted octanol–water partition coefficient (Wildman–Crippen LogP) is -1.43. The number of aromatic amines is 1. The second-order valence-corrected chi connectivity index (χ2v) is 6.77. The standard InChI is InChI=1S/C19H25N5O3/c1-22(14-18(25)21-13-16-5-4-12-27-16)19(26)15-23-8-10-24(11-9-23)17-6-2-3-7-20-17/h2-7,12H,8-11,13-15H2,1H3,(H,21,25)/p+2. The van der Waals surface area contributed by atoms with E-state index in [0.29, 0.717) is 18.8 Å². The molecule has 0 aliphatic carbocycles. The van der Waals surface area contributed by atoms with Gasteiger partial charge in [0.1, 0.15) is 31.9 Å². The van der Waals surface area contributed by atoms with Gasteiger partial charge in [0.05, 0.1) is 25.5 Å². The summed E-state index contributed by atoms with van der Waals surface area (Å²) < 4.78 is 5.17. The van der Waals surface area contributed by atoms with E-state index in [4.69, 9.17) is 4.42 Å². The third-order valence-corrected chi connectivity index (χ3v) is 4.75. The van der Waals surface area contributed by atoms with Gasteiger partial charge in [0.25, 0.3) is 11.7 Å². The van der Waals surface area contributed by atoms with Gasteiger partial charge in [0.15, 0.2) is 6.54 Å². The summed E-state index contributed by atoms with van der Waals surface area (Å²) in [6, 6.07) is 9.61. The van der Waals surface area contributed by atoms with E-state index >= 15 is 0 Å². The summed E-state index contributed by atoms with van der Waals surface area (Å²) >= 11 is 0. The van der Waals surface area contributed by atoms with E-state index in [0.717, 1.165) is 32.0 Å². The number of H-pyrrole nitrogens is 1. The average Bonchev–Trinajstić information content (AvgIpc) is 3.21. The van der Waals surface area contributed by atoms with Gasteiger partial charge in [0.2, 0.25) is 5.91 Å². The van der Waals surface area contributed by atoms with E-state index in [1.807, 2.05) is 18.3 Å². The minimum Gasteiger partial charge on any atom is -0.467 e. The molecule has 1 fully saturated rings. The Morgan fingerprint density at radius 2 is 2.07 bits per heavy atom. The van der Waals surface area contributed by atoms with Gasteiger partial charge in [-0.2, -0.15) is 0 Å². The fraction of sp³-hybridized carbons (Fsp3) is 0.421. The molecule has 0 spiro atoms. The summed E-state index contributed by atoms with van der Waals surface area (Å²) in [6.45, 7) is 4.39. The number of anilines is 1. The van der Waals surface area contributed by atoms with Crippen molar-refractivity contribution in [3.05, 3.63) is 48.6 Å². The molecule has 2 amide bonds. The Morgan fingerprint density at radius 1 is 1.26 bits per heavy atom. The first kappa shape index (κ1) is 18.9. The number of furan rings is 1. The Hall–Kier alpha value is -2.87. The lowest BCUT2D eigenvalue weighted by molar-refractivity contribution is -0.892. The first-order valence-electron chi connectivity index (χ1n) is 9.20. The first-order valence-corrected chi connectivity index (χ1v) is 9.20. The Bertz CT molecular complexity index is 727. The van der Waals surface area contributed by atoms with Gasteiger partial charge in [0, 0.05) is 13.1 Å². The summed E-state index contributed by atoms with van der Waals surface area (Å²) in [7, 11) is 1.67. The van der Waals surface area contributed by atoms with Gasteiger partial charge in [-0.15, -0.1) is 0 Å². The number of rotatable bonds is 7. The van der Waals surface area contributed by atoms with Crippen molar-refractivity contribution in [3.63, 3.8) is 0 Å². The summed E-state index contributed by atoms with van der Waals surface area (Å²) in [5.41, 5.74) is 0. The number of piperazine rings is 1. The van der Waals surface area contributed by atoms with Crippen LogP contribution >= 0.6 is 0 Å². The number of hydrogen-bond acceptors (Lipinski definition) is 4. The fourth-order valence-electron chi connectivity index (χ4n) is 3.13. The van der Waals surface area contributed by atoms with Crippen molar-refractivity contribution in [2.24, 2.45) is 0 Å². The van der Waals surface area contributed by atoms with E-state index in [1.54, 1.807) is 25.4 Å². The highest BCUT2D eigenvalue weighted by Gasteiger charge is 2.28. The van der Waals surface area contributed by atoms with Crippen LogP contribution in [0, 0.1) is 0 Å². The molecule has 3 rings (SSSR count). The van der Waals surface area contributed by atoms with Crippen molar-refractivity contribution < 1.29 is 23.9 Å². The van der Waals surface area contributed by atoms with Gasteiger partial charge in [-0.05, 0) is 18.2 Å². The third kappa shape index (κ3) is 5.55. The number of likely N-dealkylation sites (N-methyl/N-ethyl adjacent to an activating group) is 1. The number of pyridine rings is 1. The molecule has 0 bridgehead atoms. The molecule has 8 heteroatoms. The van der Waals surface area contributed by atoms with E-state index in [1.165, 1.54) is 9.80 Å². The van der Waals surface area contributed by atoms with Crippen LogP contribution in [-0.4, -0.2) is 63.0 Å². The van der Waals surface area contributed by atoms with Crippen LogP contribution in [0.5, 0.6) is 0 Å². The topological polar surface area (TPSA) is 84.4 Å². The molecule has 2 aromatic heterocycles. The number of aromatic nitrogens is 1. The molecule has 27 heavy (non-hydrogen) atoms. The van der Waals surface area contributed by atoms with Crippen LogP contribution in [0.3, 0.4) is 0 Å². The zero-order chi connectivity index (χ0) is 19.1. The minimum atomic E-state index is -0.193. The van der Waals surface area contributed by atoms with Crippen LogP contribution in [0.25, 0.3) is 0 Å². The number of amides is 2. The number of carbonyl (C=O) groups is 2. The zero-order valence-corrected chi connectivity index (χ0v) is 15.6. The smallest absolute Gasteiger partial charge is 0.277 e. The van der Waals surface area contributed by atoms with E-state index in [9.17, 15) is 9.59 Å². The first-order chi connectivity index (χ1) is 13.1. The number of nitrogens with one attached hydrogen (secondary N) is 3. The maximum atomic E-state index is 12.4. The molecule has 2 aromatic rings. The van der Waals surface area contributed by atoms with Gasteiger partial charge in [-0.3, -0.25) is 14.5 Å². The van der Waals surface area contributed by atoms with E-state index in [-0.39, 0.29) is 18.4 Å². The Labute approximate surface area is 158 Å². The highest BCUT2D eigenvalue weighted by atomic mass is 16.3. The Balaban J connectivity index is 1.37. The van der Waals surface area contributed by atoms with Crippen molar-refractivity contribution in [2.75, 3.05) is 51.2 Å². The van der Waals surface area contributed by atoms with E-state index < -0.39 is 0 Å². The summed E-state index contributed by atoms with van der Waals surface area (Å²) in [4.78, 5) is 32.7. The monoisotopic (exact) mass is 373 g/mol. The molecule has 0 radical (unpaired) electrons. The van der Waals surface area contributed by atoms with Crippen LogP contribution in [0.1, 0.15) is 5.76 Å². The number of nitrogens with zero attached hydrogens (tertiary/aromatic N) is 2. The van der Waals surface area contributed by atoms with Gasteiger partial charge in [-0.25, -0.2) is 4.98 Å². The second kappa shape index (κ2) is 9.18. The summed E-state index contributed by atoms with van der Waals surface area (Å²) in [5.74, 6) is 1.59. The molecular weight excluding hydrogens is 346 g/mol. The maximum Gasteiger partial charge on any atom is 0.277 e. The SMILES string of the molecule is CN(CC(=O)NCc1ccco1)C(=O)C[NH+]1CCN(c2cccc[nH+]2)CC1. The molecule has 8 nitrogen and oxygen atoms in total. The van der Waals surface area contributed by atoms with Crippen molar-refractivity contribution in [1.82, 2.24) is 10.2 Å². The Morgan fingerprint density at radius 3 is 2.74 bits per heavy atom. The van der Waals surface area contributed by atoms with Crippen LogP contribution in [-0.2, 0) is 16.1 Å². The lowest BCUT2D eigenvalue weighted by atomic mass is 10.3. The zero-order valence-electron chi connectivity index (χ0n) is 15.6. The largest absolute Gasteiger partial charge is 0.467 e. The van der Waals surface area contributed by atoms with Gasteiger partial charge >= 0.3 is 0 Å². The number of quaternary nitrogens is 1. The molecule has 0 unspecified atom stereocenters. The number of carbonyl (C=O) groups excluding carboxylic acids is 2. The normalized spacial score (nSPS) is 14.8. The molecular formula is C19H27N5O3+2. The van der Waals surface area contributed by atoms with Gasteiger partial charge < -0.3 is 19.5 Å². The predicted molar refractivity (Wildman–Crippen MR) is 99.0 cm³/mol. The molecule has 0 atom stereocenters. The van der Waals surface area contributed by atoms with Crippen molar-refractivity contribution in [2.45, 2.75) is 6.54 Å². The van der Waals surface area contributed by atoms with Crippen molar-refractivity contribution >= 4 is 17.6 Å². The van der Waals surface area contributed by atoms with Crippen LogP contribution in [0.2, 0.25) is 0 Å². The Kier molecular flexibility index (Phi) is 6.43. The third-order valence-electron chi connectivity index (χ3n) is 4.75. The summed E-state index contributed by atoms with van der Waals surface area (Å²) in [5, 5.41) is 2.75. The van der Waals surface area contributed by atoms with Crippen LogP contribution in [0.15, 0.2) is 47.2 Å². The lowest BCUT2D eigenvalue weighted by Crippen LogP contribution is -3.16. The van der Waals surface area contributed by atoms with Crippen molar-refractivity contribution in [1.29, 1.82) is 0 Å². The second-order valence-electron chi connectivity index (χ2n) is 6.77. The minimum absolute atomic E-state index is 0.0159. The molecule has 3 N–H and O–H groups in total. The van der Waals surface area contributed by atoms with Gasteiger partial charge in [-0.1, -0.05) is 6.07 Å². The fourth-order valence-corrected chi connectivity index (χ4v) is 3.13. The van der Waals surface area contributed by atoms with E-state index in [2.05, 4.69) is 21.3 Å². The highest BCUT2D eigenvalue weighted by Crippen LogP contribution is 2.04. The molecule has 144 valence electrons. The highest BCUT2D eigenvalue weighted by molar-refractivity contribution is 5.84. The molecule has 0 saturated carbocycles. The molecule has 1 aliphatic rings. The molecule has 1 saturated heterocycles. The molecule has 3 heterocycles. The molecule has 1 aliphatic heterocycles. The number of hydrogen-bond donors (Lipinski definition) is 2. The van der Waals surface area contributed by atoms with Crippen molar-refractivity contribution in [3.8, 4) is 0 Å². The average molecular weight is 373 g/mol. The maximum absolute atomic E-state index is 12.4. The summed E-state index contributed by atoms with van der Waals surface area (Å²) in [6.07, 6.45) is 3.49. The van der Waals surface area contributed by atoms with Crippen LogP contribution < -0.4 is 20.1 Å². The molecule has 0 aromatic carbocycles. The quantitative estimate of drug-likeness (QED) is 0.624.